The van der Waals surface area contributed by atoms with Crippen LogP contribution in [0.3, 0.4) is 0 Å². The third kappa shape index (κ3) is 4.95. The molecule has 30 heavy (non-hydrogen) atoms. The van der Waals surface area contributed by atoms with E-state index in [-0.39, 0.29) is 11.9 Å². The van der Waals surface area contributed by atoms with Crippen LogP contribution >= 0.6 is 0 Å². The maximum Gasteiger partial charge on any atom is 0.257 e. The van der Waals surface area contributed by atoms with E-state index >= 15 is 0 Å². The zero-order valence-electron chi connectivity index (χ0n) is 17.8. The van der Waals surface area contributed by atoms with E-state index in [2.05, 4.69) is 22.1 Å². The number of anilines is 1. The molecular formula is C24H28N4O2. The van der Waals surface area contributed by atoms with E-state index in [4.69, 9.17) is 10.5 Å². The lowest BCUT2D eigenvalue weighted by molar-refractivity contribution is 0.0772. The monoisotopic (exact) mass is 404 g/mol. The van der Waals surface area contributed by atoms with Crippen LogP contribution in [-0.4, -0.2) is 40.5 Å². The summed E-state index contributed by atoms with van der Waals surface area (Å²) in [6, 6.07) is 17.8. The van der Waals surface area contributed by atoms with Gasteiger partial charge in [0.05, 0.1) is 23.6 Å². The molecule has 1 aromatic heterocycles. The predicted molar refractivity (Wildman–Crippen MR) is 120 cm³/mol. The summed E-state index contributed by atoms with van der Waals surface area (Å²) < 4.78 is 5.87. The molecule has 0 aliphatic rings. The number of hydrogen-bond acceptors (Lipinski definition) is 5. The Morgan fingerprint density at radius 3 is 2.30 bits per heavy atom. The highest BCUT2D eigenvalue weighted by atomic mass is 16.5. The first-order chi connectivity index (χ1) is 14.5. The minimum absolute atomic E-state index is 0.0873. The van der Waals surface area contributed by atoms with Crippen LogP contribution in [0.5, 0.6) is 5.75 Å². The molecular weight excluding hydrogens is 376 g/mol. The number of rotatable bonds is 8. The van der Waals surface area contributed by atoms with E-state index in [1.165, 1.54) is 5.56 Å². The van der Waals surface area contributed by atoms with Gasteiger partial charge in [-0.25, -0.2) is 9.97 Å². The number of nitrogens with zero attached hydrogens (tertiary/aromatic N) is 3. The Kier molecular flexibility index (Phi) is 7.01. The van der Waals surface area contributed by atoms with Gasteiger partial charge < -0.3 is 15.4 Å². The maximum absolute atomic E-state index is 13.1. The van der Waals surface area contributed by atoms with Gasteiger partial charge in [0, 0.05) is 25.1 Å². The van der Waals surface area contributed by atoms with E-state index in [1.54, 1.807) is 11.8 Å². The number of nitrogens with two attached hydrogens (primary N) is 1. The zero-order valence-corrected chi connectivity index (χ0v) is 17.8. The predicted octanol–water partition coefficient (Wildman–Crippen LogP) is 4.14. The van der Waals surface area contributed by atoms with Gasteiger partial charge >= 0.3 is 0 Å². The molecule has 0 atom stereocenters. The normalized spacial score (nSPS) is 10.6. The average Bonchev–Trinajstić information content (AvgIpc) is 2.75. The first kappa shape index (κ1) is 21.3. The van der Waals surface area contributed by atoms with Crippen molar-refractivity contribution in [3.63, 3.8) is 0 Å². The van der Waals surface area contributed by atoms with Gasteiger partial charge in [0.1, 0.15) is 5.75 Å². The lowest BCUT2D eigenvalue weighted by Crippen LogP contribution is -2.32. The van der Waals surface area contributed by atoms with Gasteiger partial charge in [0.2, 0.25) is 5.95 Å². The largest absolute Gasteiger partial charge is 0.493 e. The van der Waals surface area contributed by atoms with Crippen LogP contribution in [0, 0.1) is 6.92 Å². The first-order valence-corrected chi connectivity index (χ1v) is 10.2. The molecule has 1 heterocycles. The summed E-state index contributed by atoms with van der Waals surface area (Å²) in [5.41, 5.74) is 9.55. The summed E-state index contributed by atoms with van der Waals surface area (Å²) >= 11 is 0. The number of hydrogen-bond donors (Lipinski definition) is 1. The lowest BCUT2D eigenvalue weighted by Gasteiger charge is -2.21. The summed E-state index contributed by atoms with van der Waals surface area (Å²) in [7, 11) is 0. The van der Waals surface area contributed by atoms with E-state index < -0.39 is 0 Å². The molecule has 0 fully saturated rings. The highest BCUT2D eigenvalue weighted by Gasteiger charge is 2.22. The van der Waals surface area contributed by atoms with Gasteiger partial charge in [0.15, 0.2) is 0 Å². The fraction of sp³-hybridized carbons (Fsp3) is 0.292. The molecule has 0 aliphatic heterocycles. The van der Waals surface area contributed by atoms with Gasteiger partial charge in [-0.2, -0.15) is 0 Å². The third-order valence-corrected chi connectivity index (χ3v) is 5.00. The molecule has 0 spiro atoms. The highest BCUT2D eigenvalue weighted by molar-refractivity contribution is 6.01. The van der Waals surface area contributed by atoms with Crippen molar-refractivity contribution in [2.75, 3.05) is 25.4 Å². The number of carbonyl (C=O) groups is 1. The van der Waals surface area contributed by atoms with Crippen LogP contribution in [0.25, 0.3) is 11.3 Å². The zero-order chi connectivity index (χ0) is 21.5. The third-order valence-electron chi connectivity index (χ3n) is 5.00. The summed E-state index contributed by atoms with van der Waals surface area (Å²) in [4.78, 5) is 23.4. The SMILES string of the molecule is CCN(CC)C(=O)c1c(C)nc(N)nc1-c1ccc(OCCc2ccccc2)cc1. The molecule has 6 heteroatoms. The van der Waals surface area contributed by atoms with Crippen LogP contribution in [0.15, 0.2) is 54.6 Å². The van der Waals surface area contributed by atoms with Crippen molar-refractivity contribution in [3.05, 3.63) is 71.4 Å². The average molecular weight is 405 g/mol. The maximum atomic E-state index is 13.1. The second-order valence-electron chi connectivity index (χ2n) is 6.98. The first-order valence-electron chi connectivity index (χ1n) is 10.2. The summed E-state index contributed by atoms with van der Waals surface area (Å²) in [5, 5.41) is 0. The van der Waals surface area contributed by atoms with Crippen molar-refractivity contribution in [1.29, 1.82) is 0 Å². The van der Waals surface area contributed by atoms with Gasteiger partial charge in [-0.05, 0) is 50.6 Å². The van der Waals surface area contributed by atoms with Crippen LogP contribution < -0.4 is 10.5 Å². The Balaban J connectivity index is 1.81. The van der Waals surface area contributed by atoms with E-state index in [0.717, 1.165) is 17.7 Å². The summed E-state index contributed by atoms with van der Waals surface area (Å²) in [5.74, 6) is 0.836. The topological polar surface area (TPSA) is 81.3 Å². The molecule has 1 amide bonds. The van der Waals surface area contributed by atoms with Crippen LogP contribution in [0.4, 0.5) is 5.95 Å². The Morgan fingerprint density at radius 2 is 1.67 bits per heavy atom. The fourth-order valence-electron chi connectivity index (χ4n) is 3.37. The smallest absolute Gasteiger partial charge is 0.257 e. The van der Waals surface area contributed by atoms with E-state index in [1.807, 2.05) is 56.3 Å². The molecule has 2 aromatic carbocycles. The number of ether oxygens (including phenoxy) is 1. The number of amides is 1. The van der Waals surface area contributed by atoms with Gasteiger partial charge in [-0.15, -0.1) is 0 Å². The number of benzene rings is 2. The molecule has 0 saturated heterocycles. The molecule has 0 unspecified atom stereocenters. The molecule has 0 aliphatic carbocycles. The van der Waals surface area contributed by atoms with E-state index in [9.17, 15) is 4.79 Å². The Morgan fingerprint density at radius 1 is 1.00 bits per heavy atom. The number of carbonyl (C=O) groups excluding carboxylic acids is 1. The van der Waals surface area contributed by atoms with Crippen LogP contribution in [0.1, 0.15) is 35.5 Å². The fourth-order valence-corrected chi connectivity index (χ4v) is 3.37. The molecule has 0 radical (unpaired) electrons. The Labute approximate surface area is 177 Å². The molecule has 6 nitrogen and oxygen atoms in total. The standard InChI is InChI=1S/C24H28N4O2/c1-4-28(5-2)23(29)21-17(3)26-24(25)27-22(21)19-11-13-20(14-12-19)30-16-15-18-9-7-6-8-10-18/h6-14H,4-5,15-16H2,1-3H3,(H2,25,26,27). The minimum Gasteiger partial charge on any atom is -0.493 e. The molecule has 156 valence electrons. The summed E-state index contributed by atoms with van der Waals surface area (Å²) in [6.07, 6.45) is 0.840. The second kappa shape index (κ2) is 9.87. The van der Waals surface area contributed by atoms with Gasteiger partial charge in [0.25, 0.3) is 5.91 Å². The van der Waals surface area contributed by atoms with Crippen molar-refractivity contribution in [2.45, 2.75) is 27.2 Å². The molecule has 0 bridgehead atoms. The summed E-state index contributed by atoms with van der Waals surface area (Å²) in [6.45, 7) is 7.53. The minimum atomic E-state index is -0.0873. The van der Waals surface area contributed by atoms with Crippen molar-refractivity contribution >= 4 is 11.9 Å². The number of aromatic nitrogens is 2. The van der Waals surface area contributed by atoms with Crippen LogP contribution in [-0.2, 0) is 6.42 Å². The van der Waals surface area contributed by atoms with E-state index in [0.29, 0.717) is 36.6 Å². The molecule has 0 saturated carbocycles. The van der Waals surface area contributed by atoms with Gasteiger partial charge in [-0.1, -0.05) is 30.3 Å². The van der Waals surface area contributed by atoms with Crippen molar-refractivity contribution < 1.29 is 9.53 Å². The highest BCUT2D eigenvalue weighted by Crippen LogP contribution is 2.27. The van der Waals surface area contributed by atoms with Crippen molar-refractivity contribution in [1.82, 2.24) is 14.9 Å². The van der Waals surface area contributed by atoms with Crippen molar-refractivity contribution in [3.8, 4) is 17.0 Å². The number of aryl methyl sites for hydroxylation is 1. The quantitative estimate of drug-likeness (QED) is 0.610. The van der Waals surface area contributed by atoms with Crippen LogP contribution in [0.2, 0.25) is 0 Å². The second-order valence-corrected chi connectivity index (χ2v) is 6.98. The van der Waals surface area contributed by atoms with Crippen molar-refractivity contribution in [2.24, 2.45) is 0 Å². The Bertz CT molecular complexity index is 984. The van der Waals surface area contributed by atoms with Gasteiger partial charge in [-0.3, -0.25) is 4.79 Å². The Hall–Kier alpha value is -3.41. The molecule has 3 rings (SSSR count). The molecule has 2 N–H and O–H groups in total. The molecule has 3 aromatic rings. The lowest BCUT2D eigenvalue weighted by atomic mass is 10.0. The number of nitrogen functional groups attached to an aromatic ring is 1.